The number of aryl methyl sites for hydroxylation is 4. The monoisotopic (exact) mass is 657 g/mol. The number of ether oxygens (including phenoxy) is 1. The molecule has 2 aliphatic rings. The minimum Gasteiger partial charge on any atom is -0.477 e. The van der Waals surface area contributed by atoms with Crippen molar-refractivity contribution < 1.29 is 42.8 Å². The summed E-state index contributed by atoms with van der Waals surface area (Å²) >= 11 is 0. The smallest absolute Gasteiger partial charge is 0.356 e. The average molecular weight is 658 g/mol. The first kappa shape index (κ1) is 33.5. The lowest BCUT2D eigenvalue weighted by Crippen LogP contribution is -2.28. The fourth-order valence-electron chi connectivity index (χ4n) is 5.71. The molecule has 4 aromatic heterocycles. The van der Waals surface area contributed by atoms with Crippen LogP contribution in [-0.4, -0.2) is 82.4 Å². The fourth-order valence-corrected chi connectivity index (χ4v) is 5.71. The van der Waals surface area contributed by atoms with E-state index in [9.17, 15) is 33.0 Å². The van der Waals surface area contributed by atoms with Crippen LogP contribution in [0.2, 0.25) is 0 Å². The Morgan fingerprint density at radius 3 is 1.91 bits per heavy atom. The Labute approximate surface area is 267 Å². The SMILES string of the molecule is CCOC(=O)c1cc(C(O)c2ccc(F)nc2C)nn1C.Cc1nc(N2CC3C(C2)C3(F)F)ccc1C(O)c1cc(C(=O)O)n(C)n1. The third kappa shape index (κ3) is 6.55. The number of piperidine rings is 1. The van der Waals surface area contributed by atoms with Gasteiger partial charge in [-0.2, -0.15) is 14.6 Å². The molecule has 13 nitrogen and oxygen atoms in total. The molecule has 0 bridgehead atoms. The predicted molar refractivity (Wildman–Crippen MR) is 160 cm³/mol. The molecule has 4 unspecified atom stereocenters. The molecule has 1 saturated heterocycles. The average Bonchev–Trinajstić information content (AvgIpc) is 3.53. The number of hydrogen-bond donors (Lipinski definition) is 3. The second-order valence-electron chi connectivity index (χ2n) is 11.4. The number of hydrogen-bond acceptors (Lipinski definition) is 10. The molecule has 16 heteroatoms. The van der Waals surface area contributed by atoms with Gasteiger partial charge in [-0.05, 0) is 51.1 Å². The van der Waals surface area contributed by atoms with Crippen LogP contribution >= 0.6 is 0 Å². The van der Waals surface area contributed by atoms with Gasteiger partial charge >= 0.3 is 11.9 Å². The van der Waals surface area contributed by atoms with Crippen molar-refractivity contribution in [3.63, 3.8) is 0 Å². The van der Waals surface area contributed by atoms with E-state index in [1.165, 1.54) is 40.7 Å². The zero-order chi connectivity index (χ0) is 34.4. The van der Waals surface area contributed by atoms with Crippen molar-refractivity contribution in [2.24, 2.45) is 25.9 Å². The highest BCUT2D eigenvalue weighted by atomic mass is 19.3. The van der Waals surface area contributed by atoms with Crippen molar-refractivity contribution in [1.29, 1.82) is 0 Å². The number of rotatable bonds is 8. The maximum absolute atomic E-state index is 13.3. The lowest BCUT2D eigenvalue weighted by molar-refractivity contribution is 0.0513. The first-order valence-corrected chi connectivity index (χ1v) is 14.7. The highest BCUT2D eigenvalue weighted by molar-refractivity contribution is 5.87. The van der Waals surface area contributed by atoms with E-state index in [1.54, 1.807) is 40.0 Å². The molecule has 250 valence electrons. The van der Waals surface area contributed by atoms with Crippen LogP contribution in [0.5, 0.6) is 0 Å². The molecule has 1 aliphatic carbocycles. The van der Waals surface area contributed by atoms with E-state index in [2.05, 4.69) is 20.2 Å². The first-order valence-electron chi connectivity index (χ1n) is 14.7. The minimum atomic E-state index is -2.54. The topological polar surface area (TPSA) is 169 Å². The molecule has 2 fully saturated rings. The predicted octanol–water partition coefficient (Wildman–Crippen LogP) is 3.13. The summed E-state index contributed by atoms with van der Waals surface area (Å²) in [6, 6.07) is 8.75. The number of alkyl halides is 2. The number of halogens is 3. The minimum absolute atomic E-state index is 0.0292. The number of fused-ring (bicyclic) bond motifs is 1. The van der Waals surface area contributed by atoms with Crippen molar-refractivity contribution in [1.82, 2.24) is 29.5 Å². The maximum atomic E-state index is 13.3. The molecular weight excluding hydrogens is 623 g/mol. The van der Waals surface area contributed by atoms with Gasteiger partial charge in [-0.1, -0.05) is 6.07 Å². The molecule has 1 saturated carbocycles. The Balaban J connectivity index is 0.000000189. The second-order valence-corrected chi connectivity index (χ2v) is 11.4. The van der Waals surface area contributed by atoms with Crippen molar-refractivity contribution in [2.75, 3.05) is 24.6 Å². The lowest BCUT2D eigenvalue weighted by atomic mass is 10.0. The normalized spacial score (nSPS) is 19.0. The third-order valence-corrected chi connectivity index (χ3v) is 8.38. The molecule has 0 amide bonds. The van der Waals surface area contributed by atoms with E-state index in [-0.39, 0.29) is 42.5 Å². The molecule has 47 heavy (non-hydrogen) atoms. The number of nitrogens with zero attached hydrogens (tertiary/aromatic N) is 7. The standard InChI is InChI=1S/C17H18F2N4O3.C14H16FN3O3/c1-8-9(15(24)12-5-13(16(25)26)22(2)21-12)3-4-14(20-8)23-6-10-11(7-23)17(10,18)19;1-4-21-14(20)11-7-10(17-18(11)3)13(19)9-5-6-12(15)16-8(9)2/h3-5,10-11,15,24H,6-7H2,1-2H3,(H,25,26);5-7,13,19H,4H2,1-3H3. The Hall–Kier alpha value is -4.83. The number of aliphatic hydroxyl groups excluding tert-OH is 2. The number of aromatic carboxylic acids is 1. The van der Waals surface area contributed by atoms with Gasteiger partial charge in [-0.3, -0.25) is 9.36 Å². The van der Waals surface area contributed by atoms with Crippen LogP contribution in [0, 0.1) is 31.6 Å². The van der Waals surface area contributed by atoms with Gasteiger partial charge in [0.2, 0.25) is 5.95 Å². The number of carbonyl (C=O) groups excluding carboxylic acids is 1. The van der Waals surface area contributed by atoms with Gasteiger partial charge in [-0.25, -0.2) is 28.3 Å². The molecular formula is C31H34F3N7O6. The van der Waals surface area contributed by atoms with Crippen LogP contribution in [0.15, 0.2) is 36.4 Å². The van der Waals surface area contributed by atoms with Gasteiger partial charge in [-0.15, -0.1) is 0 Å². The number of pyridine rings is 2. The zero-order valence-electron chi connectivity index (χ0n) is 26.2. The summed E-state index contributed by atoms with van der Waals surface area (Å²) < 4.78 is 47.1. The highest BCUT2D eigenvalue weighted by Crippen LogP contribution is 2.59. The number of carboxylic acids is 1. The third-order valence-electron chi connectivity index (χ3n) is 8.38. The summed E-state index contributed by atoms with van der Waals surface area (Å²) in [5, 5.41) is 38.1. The molecule has 4 atom stereocenters. The summed E-state index contributed by atoms with van der Waals surface area (Å²) in [6.45, 7) is 5.84. The first-order chi connectivity index (χ1) is 22.1. The number of aromatic nitrogens is 6. The van der Waals surface area contributed by atoms with Crippen LogP contribution in [0.4, 0.5) is 19.0 Å². The van der Waals surface area contributed by atoms with Crippen LogP contribution < -0.4 is 4.90 Å². The summed E-state index contributed by atoms with van der Waals surface area (Å²) in [7, 11) is 3.07. The van der Waals surface area contributed by atoms with E-state index in [4.69, 9.17) is 9.84 Å². The summed E-state index contributed by atoms with van der Waals surface area (Å²) in [5.41, 5.74) is 2.54. The summed E-state index contributed by atoms with van der Waals surface area (Å²) in [6.07, 6.45) is -2.21. The molecule has 4 aromatic rings. The van der Waals surface area contributed by atoms with Crippen LogP contribution in [0.25, 0.3) is 0 Å². The van der Waals surface area contributed by atoms with Crippen molar-refractivity contribution in [3.8, 4) is 0 Å². The van der Waals surface area contributed by atoms with Crippen molar-refractivity contribution in [3.05, 3.63) is 87.6 Å². The number of carboxylic acid groups (broad SMARTS) is 1. The fraction of sp³-hybridized carbons (Fsp3) is 0.419. The maximum Gasteiger partial charge on any atom is 0.356 e. The van der Waals surface area contributed by atoms with E-state index in [1.807, 2.05) is 4.90 Å². The van der Waals surface area contributed by atoms with Gasteiger partial charge in [0.15, 0.2) is 0 Å². The largest absolute Gasteiger partial charge is 0.477 e. The molecule has 3 N–H and O–H groups in total. The number of esters is 1. The number of aliphatic hydroxyl groups is 2. The highest BCUT2D eigenvalue weighted by Gasteiger charge is 2.71. The van der Waals surface area contributed by atoms with E-state index >= 15 is 0 Å². The van der Waals surface area contributed by atoms with E-state index in [0.717, 1.165) is 0 Å². The Bertz CT molecular complexity index is 1810. The van der Waals surface area contributed by atoms with Crippen molar-refractivity contribution >= 4 is 17.8 Å². The van der Waals surface area contributed by atoms with Crippen LogP contribution in [0.1, 0.15) is 74.0 Å². The summed E-state index contributed by atoms with van der Waals surface area (Å²) in [4.78, 5) is 32.8. The number of carbonyl (C=O) groups is 2. The van der Waals surface area contributed by atoms with Gasteiger partial charge in [0.05, 0.1) is 29.8 Å². The summed E-state index contributed by atoms with van der Waals surface area (Å²) in [5.74, 6) is -5.36. The molecule has 0 radical (unpaired) electrons. The lowest BCUT2D eigenvalue weighted by Gasteiger charge is -2.22. The zero-order valence-corrected chi connectivity index (χ0v) is 26.2. The quantitative estimate of drug-likeness (QED) is 0.188. The van der Waals surface area contributed by atoms with Gasteiger partial charge in [0.25, 0.3) is 5.92 Å². The van der Waals surface area contributed by atoms with Crippen LogP contribution in [-0.2, 0) is 18.8 Å². The number of anilines is 1. The molecule has 0 aromatic carbocycles. The van der Waals surface area contributed by atoms with Gasteiger partial charge < -0.3 is 25.0 Å². The molecule has 6 rings (SSSR count). The van der Waals surface area contributed by atoms with Gasteiger partial charge in [0, 0.05) is 49.7 Å². The van der Waals surface area contributed by atoms with E-state index in [0.29, 0.717) is 28.3 Å². The Morgan fingerprint density at radius 2 is 1.43 bits per heavy atom. The van der Waals surface area contributed by atoms with Crippen molar-refractivity contribution in [2.45, 2.75) is 38.9 Å². The van der Waals surface area contributed by atoms with Gasteiger partial charge in [0.1, 0.15) is 29.4 Å². The Kier molecular flexibility index (Phi) is 9.10. The van der Waals surface area contributed by atoms with E-state index < -0.39 is 47.9 Å². The molecule has 1 aliphatic heterocycles. The molecule has 0 spiro atoms. The Morgan fingerprint density at radius 1 is 0.915 bits per heavy atom. The van der Waals surface area contributed by atoms with Crippen LogP contribution in [0.3, 0.4) is 0 Å². The molecule has 5 heterocycles. The second kappa shape index (κ2) is 12.8.